The van der Waals surface area contributed by atoms with E-state index in [1.54, 1.807) is 24.3 Å². The van der Waals surface area contributed by atoms with Crippen LogP contribution in [0, 0.1) is 0 Å². The lowest BCUT2D eigenvalue weighted by molar-refractivity contribution is -0.120. The van der Waals surface area contributed by atoms with E-state index in [4.69, 9.17) is 16.3 Å². The molecule has 1 aliphatic heterocycles. The van der Waals surface area contributed by atoms with Crippen molar-refractivity contribution in [2.75, 3.05) is 18.5 Å². The minimum atomic E-state index is -0.386. The second-order valence-electron chi connectivity index (χ2n) is 7.42. The van der Waals surface area contributed by atoms with Gasteiger partial charge < -0.3 is 20.7 Å². The maximum atomic E-state index is 12.2. The van der Waals surface area contributed by atoms with E-state index in [0.717, 1.165) is 16.9 Å². The summed E-state index contributed by atoms with van der Waals surface area (Å²) in [5.41, 5.74) is 2.85. The molecule has 10 heteroatoms. The van der Waals surface area contributed by atoms with Gasteiger partial charge in [-0.15, -0.1) is 11.3 Å². The number of hydrogen-bond acceptors (Lipinski definition) is 6. The Bertz CT molecular complexity index is 1200. The van der Waals surface area contributed by atoms with Gasteiger partial charge in [-0.2, -0.15) is 0 Å². The van der Waals surface area contributed by atoms with E-state index in [9.17, 15) is 14.4 Å². The fourth-order valence-electron chi connectivity index (χ4n) is 3.44. The number of carbonyl (C=O) groups is 3. The zero-order chi connectivity index (χ0) is 23.4. The molecule has 0 saturated carbocycles. The Balaban J connectivity index is 1.39. The predicted molar refractivity (Wildman–Crippen MR) is 127 cm³/mol. The monoisotopic (exact) mass is 484 g/mol. The number of hydrogen-bond donors (Lipinski definition) is 3. The fraction of sp³-hybridized carbons (Fsp3) is 0.217. The number of carbonyl (C=O) groups excluding carboxylic acids is 3. The van der Waals surface area contributed by atoms with Crippen molar-refractivity contribution in [3.05, 3.63) is 64.0 Å². The van der Waals surface area contributed by atoms with Crippen molar-refractivity contribution in [3.63, 3.8) is 0 Å². The highest BCUT2D eigenvalue weighted by atomic mass is 35.5. The number of anilines is 1. The van der Waals surface area contributed by atoms with Crippen molar-refractivity contribution in [1.82, 2.24) is 15.6 Å². The van der Waals surface area contributed by atoms with E-state index in [-0.39, 0.29) is 30.3 Å². The SMILES string of the molecule is CC(=O)NC1CCOc2ccc(-c3csc(NC(=O)CNC(=O)c4ccc(Cl)cc4)n3)cc21. The summed E-state index contributed by atoms with van der Waals surface area (Å²) in [5, 5.41) is 11.0. The Morgan fingerprint density at radius 3 is 2.73 bits per heavy atom. The highest BCUT2D eigenvalue weighted by Crippen LogP contribution is 2.36. The lowest BCUT2D eigenvalue weighted by Crippen LogP contribution is -2.32. The highest BCUT2D eigenvalue weighted by molar-refractivity contribution is 7.14. The molecule has 4 rings (SSSR count). The van der Waals surface area contributed by atoms with Gasteiger partial charge in [0.25, 0.3) is 5.91 Å². The van der Waals surface area contributed by atoms with Crippen LogP contribution in [0.3, 0.4) is 0 Å². The molecule has 0 radical (unpaired) electrons. The number of halogens is 1. The zero-order valence-electron chi connectivity index (χ0n) is 17.7. The van der Waals surface area contributed by atoms with Gasteiger partial charge in [-0.1, -0.05) is 11.6 Å². The summed E-state index contributed by atoms with van der Waals surface area (Å²) in [6.07, 6.45) is 0.691. The Morgan fingerprint density at radius 2 is 1.97 bits per heavy atom. The Hall–Kier alpha value is -3.43. The molecule has 170 valence electrons. The van der Waals surface area contributed by atoms with Gasteiger partial charge in [0.2, 0.25) is 11.8 Å². The van der Waals surface area contributed by atoms with Gasteiger partial charge in [-0.05, 0) is 42.5 Å². The molecule has 2 aromatic carbocycles. The Kier molecular flexibility index (Phi) is 6.90. The standard InChI is InChI=1S/C23H21ClN4O4S/c1-13(29)26-18-8-9-32-20-7-4-15(10-17(18)20)19-12-33-23(27-19)28-21(30)11-25-22(31)14-2-5-16(24)6-3-14/h2-7,10,12,18H,8-9,11H2,1H3,(H,25,31)(H,26,29)(H,27,28,30). The van der Waals surface area contributed by atoms with Crippen molar-refractivity contribution in [2.24, 2.45) is 0 Å². The number of aromatic nitrogens is 1. The van der Waals surface area contributed by atoms with Crippen molar-refractivity contribution in [2.45, 2.75) is 19.4 Å². The third kappa shape index (κ3) is 5.68. The number of thiazole rings is 1. The van der Waals surface area contributed by atoms with Crippen molar-refractivity contribution in [3.8, 4) is 17.0 Å². The topological polar surface area (TPSA) is 109 Å². The molecule has 3 amide bonds. The smallest absolute Gasteiger partial charge is 0.251 e. The van der Waals surface area contributed by atoms with Crippen molar-refractivity contribution in [1.29, 1.82) is 0 Å². The molecule has 33 heavy (non-hydrogen) atoms. The molecular formula is C23H21ClN4O4S. The van der Waals surface area contributed by atoms with Crippen LogP contribution in [0.4, 0.5) is 5.13 Å². The minimum Gasteiger partial charge on any atom is -0.493 e. The van der Waals surface area contributed by atoms with E-state index < -0.39 is 0 Å². The minimum absolute atomic E-state index is 0.0972. The summed E-state index contributed by atoms with van der Waals surface area (Å²) in [7, 11) is 0. The molecule has 1 unspecified atom stereocenters. The summed E-state index contributed by atoms with van der Waals surface area (Å²) in [6.45, 7) is 1.84. The third-order valence-corrected chi connectivity index (χ3v) is 6.00. The normalized spacial score (nSPS) is 14.5. The van der Waals surface area contributed by atoms with Crippen molar-refractivity contribution >= 4 is 45.8 Å². The predicted octanol–water partition coefficient (Wildman–Crippen LogP) is 3.79. The molecule has 3 N–H and O–H groups in total. The van der Waals surface area contributed by atoms with Crippen LogP contribution >= 0.6 is 22.9 Å². The number of amides is 3. The van der Waals surface area contributed by atoms with Crippen molar-refractivity contribution < 1.29 is 19.1 Å². The molecule has 0 spiro atoms. The highest BCUT2D eigenvalue weighted by Gasteiger charge is 2.23. The average molecular weight is 485 g/mol. The van der Waals surface area contributed by atoms with Gasteiger partial charge >= 0.3 is 0 Å². The average Bonchev–Trinajstić information content (AvgIpc) is 3.26. The molecule has 1 aliphatic rings. The number of benzene rings is 2. The first-order chi connectivity index (χ1) is 15.9. The van der Waals surface area contributed by atoms with Gasteiger partial charge in [0.1, 0.15) is 5.75 Å². The maximum Gasteiger partial charge on any atom is 0.251 e. The molecule has 0 saturated heterocycles. The molecule has 0 fully saturated rings. The zero-order valence-corrected chi connectivity index (χ0v) is 19.3. The van der Waals surface area contributed by atoms with Crippen LogP contribution in [0.1, 0.15) is 35.3 Å². The van der Waals surface area contributed by atoms with E-state index in [1.807, 2.05) is 23.6 Å². The Morgan fingerprint density at radius 1 is 1.18 bits per heavy atom. The summed E-state index contributed by atoms with van der Waals surface area (Å²) in [4.78, 5) is 40.4. The van der Waals surface area contributed by atoms with E-state index in [1.165, 1.54) is 18.3 Å². The molecule has 1 aromatic heterocycles. The fourth-order valence-corrected chi connectivity index (χ4v) is 4.30. The first kappa shape index (κ1) is 22.8. The van der Waals surface area contributed by atoms with Crippen LogP contribution in [-0.4, -0.2) is 35.9 Å². The second-order valence-corrected chi connectivity index (χ2v) is 8.71. The quantitative estimate of drug-likeness (QED) is 0.493. The molecule has 1 atom stereocenters. The summed E-state index contributed by atoms with van der Waals surface area (Å²) < 4.78 is 5.70. The Labute approximate surface area is 199 Å². The van der Waals surface area contributed by atoms with E-state index >= 15 is 0 Å². The number of nitrogens with one attached hydrogen (secondary N) is 3. The number of fused-ring (bicyclic) bond motifs is 1. The van der Waals surface area contributed by atoms with E-state index in [2.05, 4.69) is 20.9 Å². The van der Waals surface area contributed by atoms with Gasteiger partial charge in [0.05, 0.1) is 24.9 Å². The van der Waals surface area contributed by atoms with Crippen LogP contribution in [-0.2, 0) is 9.59 Å². The number of ether oxygens (including phenoxy) is 1. The first-order valence-corrected chi connectivity index (χ1v) is 11.5. The van der Waals surface area contributed by atoms with Crippen LogP contribution in [0.2, 0.25) is 5.02 Å². The second kappa shape index (κ2) is 10.0. The maximum absolute atomic E-state index is 12.2. The van der Waals surface area contributed by atoms with E-state index in [0.29, 0.717) is 34.4 Å². The number of rotatable bonds is 6. The molecule has 2 heterocycles. The largest absolute Gasteiger partial charge is 0.493 e. The summed E-state index contributed by atoms with van der Waals surface area (Å²) >= 11 is 7.10. The molecule has 0 aliphatic carbocycles. The summed E-state index contributed by atoms with van der Waals surface area (Å²) in [5.74, 6) is -0.113. The molecule has 3 aromatic rings. The lowest BCUT2D eigenvalue weighted by atomic mass is 9.97. The van der Waals surface area contributed by atoms with Crippen LogP contribution in [0.25, 0.3) is 11.3 Å². The first-order valence-electron chi connectivity index (χ1n) is 10.2. The van der Waals surface area contributed by atoms with Gasteiger partial charge in [0, 0.05) is 40.4 Å². The van der Waals surface area contributed by atoms with Gasteiger partial charge in [0.15, 0.2) is 5.13 Å². The van der Waals surface area contributed by atoms with Gasteiger partial charge in [-0.3, -0.25) is 14.4 Å². The molecule has 8 nitrogen and oxygen atoms in total. The molecule has 0 bridgehead atoms. The third-order valence-electron chi connectivity index (χ3n) is 4.99. The van der Waals surface area contributed by atoms with Gasteiger partial charge in [-0.25, -0.2) is 4.98 Å². The van der Waals surface area contributed by atoms with Crippen LogP contribution < -0.4 is 20.7 Å². The molecular weight excluding hydrogens is 464 g/mol. The number of nitrogens with zero attached hydrogens (tertiary/aromatic N) is 1. The lowest BCUT2D eigenvalue weighted by Gasteiger charge is -2.26. The summed E-state index contributed by atoms with van der Waals surface area (Å²) in [6, 6.07) is 12.0. The van der Waals surface area contributed by atoms with Crippen LogP contribution in [0.15, 0.2) is 47.8 Å². The van der Waals surface area contributed by atoms with Crippen LogP contribution in [0.5, 0.6) is 5.75 Å².